The third kappa shape index (κ3) is 5.81. The van der Waals surface area contributed by atoms with Crippen molar-refractivity contribution in [3.63, 3.8) is 0 Å². The van der Waals surface area contributed by atoms with Crippen molar-refractivity contribution in [2.75, 3.05) is 19.8 Å². The molecule has 5 rings (SSSR count). The summed E-state index contributed by atoms with van der Waals surface area (Å²) in [6, 6.07) is 16.1. The minimum absolute atomic E-state index is 0.0534. The van der Waals surface area contributed by atoms with Crippen LogP contribution in [-0.4, -0.2) is 50.8 Å². The van der Waals surface area contributed by atoms with Crippen molar-refractivity contribution in [2.45, 2.75) is 39.7 Å². The molecule has 192 valence electrons. The van der Waals surface area contributed by atoms with Gasteiger partial charge in [0.25, 0.3) is 5.91 Å². The summed E-state index contributed by atoms with van der Waals surface area (Å²) in [5.74, 6) is 1.25. The van der Waals surface area contributed by atoms with Gasteiger partial charge >= 0.3 is 0 Å². The van der Waals surface area contributed by atoms with E-state index >= 15 is 0 Å². The normalized spacial score (nSPS) is 19.0. The summed E-state index contributed by atoms with van der Waals surface area (Å²) in [4.78, 5) is 15.6. The largest absolute Gasteiger partial charge is 0.493 e. The molecule has 0 spiro atoms. The van der Waals surface area contributed by atoms with Gasteiger partial charge in [-0.1, -0.05) is 56.0 Å². The van der Waals surface area contributed by atoms with Gasteiger partial charge in [-0.25, -0.2) is 4.68 Å². The fraction of sp³-hybridized carbons (Fsp3) is 0.345. The minimum Gasteiger partial charge on any atom is -0.493 e. The van der Waals surface area contributed by atoms with Crippen molar-refractivity contribution < 1.29 is 14.3 Å². The van der Waals surface area contributed by atoms with E-state index in [1.54, 1.807) is 4.90 Å². The zero-order valence-corrected chi connectivity index (χ0v) is 23.0. The van der Waals surface area contributed by atoms with Crippen LogP contribution in [0.1, 0.15) is 37.8 Å². The lowest BCUT2D eigenvalue weighted by molar-refractivity contribution is -0.123. The number of aryl methyl sites for hydroxylation is 1. The van der Waals surface area contributed by atoms with E-state index in [1.807, 2.05) is 66.3 Å². The first kappa shape index (κ1) is 25.7. The number of thiocarbonyl (C=S) groups is 1. The molecule has 0 bridgehead atoms. The number of hydrogen-bond acceptors (Lipinski definition) is 6. The van der Waals surface area contributed by atoms with Gasteiger partial charge in [-0.2, -0.15) is 5.10 Å². The Labute approximate surface area is 227 Å². The van der Waals surface area contributed by atoms with Crippen molar-refractivity contribution in [1.82, 2.24) is 14.7 Å². The van der Waals surface area contributed by atoms with Crippen LogP contribution in [-0.2, 0) is 9.53 Å². The van der Waals surface area contributed by atoms with Crippen LogP contribution in [0.2, 0.25) is 0 Å². The Hall–Kier alpha value is -2.94. The molecule has 2 aromatic carbocycles. The number of carbonyl (C=O) groups excluding carboxylic acids is 1. The highest BCUT2D eigenvalue weighted by Gasteiger charge is 2.35. The lowest BCUT2D eigenvalue weighted by atomic mass is 10.0. The Morgan fingerprint density at radius 1 is 1.24 bits per heavy atom. The molecule has 1 amide bonds. The SMILES string of the molecule is Cc1cc(-c2nn(-c3ccccc3)cc2/C=C2\SC(=S)N(C[C@@H]3CCCO3)C2=O)ccc1OCC(C)C. The fourth-order valence-electron chi connectivity index (χ4n) is 4.44. The minimum atomic E-state index is -0.0717. The zero-order chi connectivity index (χ0) is 25.9. The second-order valence-electron chi connectivity index (χ2n) is 9.83. The van der Waals surface area contributed by atoms with Crippen LogP contribution < -0.4 is 4.74 Å². The summed E-state index contributed by atoms with van der Waals surface area (Å²) in [7, 11) is 0. The molecule has 0 saturated carbocycles. The first-order chi connectivity index (χ1) is 17.9. The van der Waals surface area contributed by atoms with Crippen LogP contribution in [0.25, 0.3) is 23.0 Å². The van der Waals surface area contributed by atoms with E-state index in [0.29, 0.717) is 28.3 Å². The molecule has 0 aliphatic carbocycles. The predicted molar refractivity (Wildman–Crippen MR) is 153 cm³/mol. The third-order valence-electron chi connectivity index (χ3n) is 6.35. The quantitative estimate of drug-likeness (QED) is 0.252. The maximum atomic E-state index is 13.3. The molecular formula is C29H31N3O3S2. The molecule has 3 aromatic rings. The van der Waals surface area contributed by atoms with Crippen molar-refractivity contribution in [2.24, 2.45) is 5.92 Å². The second kappa shape index (κ2) is 11.2. The molecule has 2 aliphatic rings. The standard InChI is InChI=1S/C29H31N3O3S2/c1-19(2)18-35-25-12-11-21(14-20(25)3)27-22(16-32(30-27)23-8-5-4-6-9-23)15-26-28(33)31(29(36)37-26)17-24-10-7-13-34-24/h4-6,8-9,11-12,14-16,19,24H,7,10,13,17-18H2,1-3H3/b26-15-/t24-/m0/s1. The van der Waals surface area contributed by atoms with E-state index in [0.717, 1.165) is 53.3 Å². The van der Waals surface area contributed by atoms with Crippen LogP contribution in [0, 0.1) is 12.8 Å². The van der Waals surface area contributed by atoms with Crippen molar-refractivity contribution >= 4 is 40.3 Å². The summed E-state index contributed by atoms with van der Waals surface area (Å²) in [6.45, 7) is 8.24. The maximum absolute atomic E-state index is 13.3. The van der Waals surface area contributed by atoms with Crippen LogP contribution in [0.4, 0.5) is 0 Å². The zero-order valence-electron chi connectivity index (χ0n) is 21.3. The number of ether oxygens (including phenoxy) is 2. The molecule has 2 saturated heterocycles. The second-order valence-corrected chi connectivity index (χ2v) is 11.5. The smallest absolute Gasteiger partial charge is 0.266 e. The van der Waals surface area contributed by atoms with Gasteiger partial charge in [0.15, 0.2) is 0 Å². The molecule has 1 aromatic heterocycles. The van der Waals surface area contributed by atoms with E-state index in [2.05, 4.69) is 19.9 Å². The molecule has 0 radical (unpaired) electrons. The van der Waals surface area contributed by atoms with Crippen molar-refractivity contribution in [1.29, 1.82) is 0 Å². The molecule has 2 aliphatic heterocycles. The molecule has 0 unspecified atom stereocenters. The topological polar surface area (TPSA) is 56.6 Å². The Bertz CT molecular complexity index is 1330. The van der Waals surface area contributed by atoms with Gasteiger partial charge in [0.05, 0.1) is 29.8 Å². The number of rotatable bonds is 8. The lowest BCUT2D eigenvalue weighted by Gasteiger charge is -2.18. The van der Waals surface area contributed by atoms with Gasteiger partial charge in [-0.15, -0.1) is 0 Å². The number of hydrogen-bond donors (Lipinski definition) is 0. The van der Waals surface area contributed by atoms with E-state index in [4.69, 9.17) is 26.8 Å². The van der Waals surface area contributed by atoms with Gasteiger partial charge in [0.2, 0.25) is 0 Å². The molecule has 2 fully saturated rings. The average Bonchev–Trinajstić information content (AvgIpc) is 3.61. The molecule has 1 atom stereocenters. The Kier molecular flexibility index (Phi) is 7.79. The van der Waals surface area contributed by atoms with E-state index in [1.165, 1.54) is 11.8 Å². The Balaban J connectivity index is 1.49. The summed E-state index contributed by atoms with van der Waals surface area (Å²) in [6.07, 6.45) is 5.92. The number of thioether (sulfide) groups is 1. The van der Waals surface area contributed by atoms with Crippen LogP contribution in [0.3, 0.4) is 0 Å². The number of para-hydroxylation sites is 1. The van der Waals surface area contributed by atoms with Gasteiger partial charge in [0, 0.05) is 23.9 Å². The van der Waals surface area contributed by atoms with Crippen LogP contribution in [0.15, 0.2) is 59.6 Å². The highest BCUT2D eigenvalue weighted by Crippen LogP contribution is 2.36. The highest BCUT2D eigenvalue weighted by molar-refractivity contribution is 8.26. The highest BCUT2D eigenvalue weighted by atomic mass is 32.2. The number of benzene rings is 2. The Morgan fingerprint density at radius 2 is 2.05 bits per heavy atom. The van der Waals surface area contributed by atoms with Crippen molar-refractivity contribution in [3.8, 4) is 22.7 Å². The van der Waals surface area contributed by atoms with Gasteiger partial charge in [-0.05, 0) is 67.7 Å². The van der Waals surface area contributed by atoms with Gasteiger partial charge in [0.1, 0.15) is 15.8 Å². The molecule has 8 heteroatoms. The first-order valence-corrected chi connectivity index (χ1v) is 13.9. The summed E-state index contributed by atoms with van der Waals surface area (Å²) in [5, 5.41) is 4.93. The molecule has 6 nitrogen and oxygen atoms in total. The number of amides is 1. The van der Waals surface area contributed by atoms with E-state index in [9.17, 15) is 4.79 Å². The molecule has 37 heavy (non-hydrogen) atoms. The van der Waals surface area contributed by atoms with Crippen LogP contribution in [0.5, 0.6) is 5.75 Å². The van der Waals surface area contributed by atoms with Crippen molar-refractivity contribution in [3.05, 3.63) is 70.8 Å². The third-order valence-corrected chi connectivity index (χ3v) is 7.73. The number of aromatic nitrogens is 2. The first-order valence-electron chi connectivity index (χ1n) is 12.6. The van der Waals surface area contributed by atoms with Gasteiger partial charge in [-0.3, -0.25) is 9.69 Å². The Morgan fingerprint density at radius 3 is 2.76 bits per heavy atom. The summed E-state index contributed by atoms with van der Waals surface area (Å²) in [5.41, 5.74) is 4.61. The fourth-order valence-corrected chi connectivity index (χ4v) is 5.70. The average molecular weight is 534 g/mol. The van der Waals surface area contributed by atoms with E-state index < -0.39 is 0 Å². The number of nitrogens with zero attached hydrogens (tertiary/aromatic N) is 3. The maximum Gasteiger partial charge on any atom is 0.266 e. The van der Waals surface area contributed by atoms with Crippen LogP contribution >= 0.6 is 24.0 Å². The number of carbonyl (C=O) groups is 1. The van der Waals surface area contributed by atoms with Gasteiger partial charge < -0.3 is 9.47 Å². The monoisotopic (exact) mass is 533 g/mol. The predicted octanol–water partition coefficient (Wildman–Crippen LogP) is 6.26. The summed E-state index contributed by atoms with van der Waals surface area (Å²) < 4.78 is 14.1. The van der Waals surface area contributed by atoms with E-state index in [-0.39, 0.29) is 12.0 Å². The lowest BCUT2D eigenvalue weighted by Crippen LogP contribution is -2.35. The molecule has 3 heterocycles. The summed E-state index contributed by atoms with van der Waals surface area (Å²) >= 11 is 6.91. The molecular weight excluding hydrogens is 502 g/mol. The molecule has 0 N–H and O–H groups in total.